The summed E-state index contributed by atoms with van der Waals surface area (Å²) in [6.07, 6.45) is 3.66. The maximum atomic E-state index is 12.9. The second kappa shape index (κ2) is 9.23. The lowest BCUT2D eigenvalue weighted by Crippen LogP contribution is -2.46. The van der Waals surface area contributed by atoms with Gasteiger partial charge in [0.25, 0.3) is 11.8 Å². The predicted molar refractivity (Wildman–Crippen MR) is 107 cm³/mol. The highest BCUT2D eigenvalue weighted by Gasteiger charge is 2.36. The smallest absolute Gasteiger partial charge is 0.271 e. The third kappa shape index (κ3) is 4.25. The average Bonchev–Trinajstić information content (AvgIpc) is 2.66. The number of imide groups is 1. The van der Waals surface area contributed by atoms with Crippen molar-refractivity contribution >= 4 is 17.9 Å². The first-order valence-corrected chi connectivity index (χ1v) is 9.37. The molecule has 148 valence electrons. The summed E-state index contributed by atoms with van der Waals surface area (Å²) in [5, 5.41) is 9.39. The van der Waals surface area contributed by atoms with Crippen molar-refractivity contribution in [1.82, 2.24) is 4.90 Å². The minimum atomic E-state index is -0.547. The van der Waals surface area contributed by atoms with Crippen LogP contribution >= 0.6 is 0 Å². The van der Waals surface area contributed by atoms with Crippen molar-refractivity contribution in [3.05, 3.63) is 40.5 Å². The minimum absolute atomic E-state index is 0.00830. The van der Waals surface area contributed by atoms with E-state index < -0.39 is 11.8 Å². The Kier molecular flexibility index (Phi) is 7.00. The molecule has 0 N–H and O–H groups in total. The van der Waals surface area contributed by atoms with Gasteiger partial charge in [-0.3, -0.25) is 14.5 Å². The van der Waals surface area contributed by atoms with Crippen LogP contribution in [-0.2, 0) is 9.59 Å². The van der Waals surface area contributed by atoms with E-state index in [0.717, 1.165) is 23.3 Å². The van der Waals surface area contributed by atoms with Crippen LogP contribution in [0, 0.1) is 11.3 Å². The molecule has 0 saturated heterocycles. The van der Waals surface area contributed by atoms with E-state index in [1.807, 2.05) is 12.1 Å². The van der Waals surface area contributed by atoms with Gasteiger partial charge in [-0.1, -0.05) is 19.4 Å². The fourth-order valence-corrected chi connectivity index (χ4v) is 2.95. The molecule has 1 aliphatic rings. The average molecular weight is 382 g/mol. The van der Waals surface area contributed by atoms with Crippen LogP contribution in [-0.4, -0.2) is 36.5 Å². The highest BCUT2D eigenvalue weighted by atomic mass is 16.5. The monoisotopic (exact) mass is 382 g/mol. The molecule has 1 aromatic rings. The van der Waals surface area contributed by atoms with Crippen LogP contribution in [0.1, 0.15) is 46.1 Å². The van der Waals surface area contributed by atoms with E-state index in [2.05, 4.69) is 6.92 Å². The summed E-state index contributed by atoms with van der Waals surface area (Å²) in [6, 6.07) is 6.98. The number of methoxy groups -OCH3 is 1. The number of nitrogens with zero attached hydrogens (tertiary/aromatic N) is 2. The van der Waals surface area contributed by atoms with E-state index in [1.165, 1.54) is 0 Å². The van der Waals surface area contributed by atoms with Gasteiger partial charge in [0.2, 0.25) is 0 Å². The molecule has 6 nitrogen and oxygen atoms in total. The lowest BCUT2D eigenvalue weighted by molar-refractivity contribution is -0.142. The topological polar surface area (TPSA) is 79.6 Å². The molecular formula is C22H26N2O4. The summed E-state index contributed by atoms with van der Waals surface area (Å²) in [5.74, 6) is 0.248. The molecule has 0 bridgehead atoms. The molecule has 0 saturated carbocycles. The maximum absolute atomic E-state index is 12.9. The molecule has 0 aromatic heterocycles. The molecule has 28 heavy (non-hydrogen) atoms. The van der Waals surface area contributed by atoms with E-state index >= 15 is 0 Å². The van der Waals surface area contributed by atoms with Gasteiger partial charge in [-0.25, -0.2) is 0 Å². The Hall–Kier alpha value is -3.07. The molecular weight excluding hydrogens is 356 g/mol. The van der Waals surface area contributed by atoms with Crippen LogP contribution in [0.4, 0.5) is 0 Å². The van der Waals surface area contributed by atoms with Gasteiger partial charge >= 0.3 is 0 Å². The number of carbonyl (C=O) groups is 2. The summed E-state index contributed by atoms with van der Waals surface area (Å²) < 4.78 is 11.1. The first-order valence-electron chi connectivity index (χ1n) is 9.37. The molecule has 0 atom stereocenters. The highest BCUT2D eigenvalue weighted by Crippen LogP contribution is 2.32. The first kappa shape index (κ1) is 21.2. The standard InChI is InChI=1S/C22H26N2O4/c1-6-7-10-28-19-9-8-16(12-20(19)27-5)11-17-15(4)18(13-23)22(26)24(14(2)3)21(17)25/h8-9,11-12,14H,6-7,10H2,1-5H3/b17-11+. The Morgan fingerprint density at radius 3 is 2.50 bits per heavy atom. The van der Waals surface area contributed by atoms with Crippen molar-refractivity contribution in [3.63, 3.8) is 0 Å². The van der Waals surface area contributed by atoms with Crippen molar-refractivity contribution in [2.75, 3.05) is 13.7 Å². The van der Waals surface area contributed by atoms with Gasteiger partial charge in [-0.2, -0.15) is 5.26 Å². The third-order valence-electron chi connectivity index (χ3n) is 4.54. The zero-order valence-electron chi connectivity index (χ0n) is 17.0. The molecule has 6 heteroatoms. The predicted octanol–water partition coefficient (Wildman–Crippen LogP) is 3.87. The molecule has 0 unspecified atom stereocenters. The van der Waals surface area contributed by atoms with Crippen molar-refractivity contribution in [1.29, 1.82) is 5.26 Å². The Bertz CT molecular complexity index is 875. The van der Waals surface area contributed by atoms with E-state index in [9.17, 15) is 14.9 Å². The normalized spacial score (nSPS) is 16.0. The van der Waals surface area contributed by atoms with E-state index in [0.29, 0.717) is 29.3 Å². The summed E-state index contributed by atoms with van der Waals surface area (Å²) in [7, 11) is 1.56. The first-order chi connectivity index (χ1) is 13.3. The van der Waals surface area contributed by atoms with Crippen LogP contribution in [0.2, 0.25) is 0 Å². The van der Waals surface area contributed by atoms with Crippen molar-refractivity contribution in [2.24, 2.45) is 0 Å². The highest BCUT2D eigenvalue weighted by molar-refractivity contribution is 6.19. The summed E-state index contributed by atoms with van der Waals surface area (Å²) >= 11 is 0. The SMILES string of the molecule is CCCCOc1ccc(/C=C2/C(=O)N(C(C)C)C(=O)C(C#N)=C2C)cc1OC. The van der Waals surface area contributed by atoms with Crippen LogP contribution in [0.5, 0.6) is 11.5 Å². The number of ether oxygens (including phenoxy) is 2. The van der Waals surface area contributed by atoms with E-state index in [-0.39, 0.29) is 11.6 Å². The van der Waals surface area contributed by atoms with E-state index in [1.54, 1.807) is 46.1 Å². The minimum Gasteiger partial charge on any atom is -0.493 e. The van der Waals surface area contributed by atoms with Crippen LogP contribution < -0.4 is 9.47 Å². The fraction of sp³-hybridized carbons (Fsp3) is 0.409. The molecule has 2 amide bonds. The largest absolute Gasteiger partial charge is 0.493 e. The quantitative estimate of drug-likeness (QED) is 0.406. The van der Waals surface area contributed by atoms with E-state index in [4.69, 9.17) is 9.47 Å². The Morgan fingerprint density at radius 2 is 1.93 bits per heavy atom. The Labute approximate surface area is 166 Å². The Balaban J connectivity index is 2.47. The van der Waals surface area contributed by atoms with Gasteiger partial charge in [0.1, 0.15) is 11.6 Å². The van der Waals surface area contributed by atoms with Crippen LogP contribution in [0.25, 0.3) is 6.08 Å². The number of amides is 2. The van der Waals surface area contributed by atoms with Crippen molar-refractivity contribution < 1.29 is 19.1 Å². The van der Waals surface area contributed by atoms with Gasteiger partial charge in [-0.05, 0) is 56.5 Å². The summed E-state index contributed by atoms with van der Waals surface area (Å²) in [4.78, 5) is 26.5. The second-order valence-corrected chi connectivity index (χ2v) is 6.86. The zero-order chi connectivity index (χ0) is 20.8. The lowest BCUT2D eigenvalue weighted by Gasteiger charge is -2.30. The number of hydrogen-bond donors (Lipinski definition) is 0. The molecule has 0 aliphatic carbocycles. The zero-order valence-corrected chi connectivity index (χ0v) is 17.0. The van der Waals surface area contributed by atoms with Gasteiger partial charge in [0.15, 0.2) is 11.5 Å². The second-order valence-electron chi connectivity index (χ2n) is 6.86. The molecule has 1 aliphatic heterocycles. The lowest BCUT2D eigenvalue weighted by atomic mass is 9.93. The molecule has 1 heterocycles. The van der Waals surface area contributed by atoms with Gasteiger partial charge in [0.05, 0.1) is 13.7 Å². The number of unbranched alkanes of at least 4 members (excludes halogenated alkanes) is 1. The maximum Gasteiger partial charge on any atom is 0.271 e. The fourth-order valence-electron chi connectivity index (χ4n) is 2.95. The van der Waals surface area contributed by atoms with Crippen LogP contribution in [0.15, 0.2) is 34.9 Å². The summed E-state index contributed by atoms with van der Waals surface area (Å²) in [5.41, 5.74) is 1.42. The third-order valence-corrected chi connectivity index (χ3v) is 4.54. The molecule has 1 aromatic carbocycles. The van der Waals surface area contributed by atoms with Crippen molar-refractivity contribution in [2.45, 2.75) is 46.6 Å². The number of nitriles is 1. The van der Waals surface area contributed by atoms with Crippen LogP contribution in [0.3, 0.4) is 0 Å². The van der Waals surface area contributed by atoms with Gasteiger partial charge in [0, 0.05) is 11.6 Å². The van der Waals surface area contributed by atoms with Gasteiger partial charge < -0.3 is 9.47 Å². The Morgan fingerprint density at radius 1 is 1.21 bits per heavy atom. The van der Waals surface area contributed by atoms with Crippen molar-refractivity contribution in [3.8, 4) is 17.6 Å². The number of rotatable bonds is 7. The molecule has 0 radical (unpaired) electrons. The van der Waals surface area contributed by atoms with Gasteiger partial charge in [-0.15, -0.1) is 0 Å². The number of carbonyl (C=O) groups excluding carboxylic acids is 2. The molecule has 0 spiro atoms. The summed E-state index contributed by atoms with van der Waals surface area (Å²) in [6.45, 7) is 7.80. The molecule has 2 rings (SSSR count). The molecule has 0 fully saturated rings. The number of benzene rings is 1. The number of hydrogen-bond acceptors (Lipinski definition) is 5.